The number of aliphatic hydroxyl groups excluding tert-OH is 1. The van der Waals surface area contributed by atoms with Gasteiger partial charge in [0.05, 0.1) is 17.2 Å². The van der Waals surface area contributed by atoms with Crippen molar-refractivity contribution in [3.63, 3.8) is 0 Å². The van der Waals surface area contributed by atoms with Crippen LogP contribution in [0.1, 0.15) is 46.4 Å². The van der Waals surface area contributed by atoms with Crippen LogP contribution in [0, 0.1) is 5.92 Å². The van der Waals surface area contributed by atoms with Gasteiger partial charge in [0.15, 0.2) is 0 Å². The van der Waals surface area contributed by atoms with E-state index in [9.17, 15) is 14.7 Å². The Morgan fingerprint density at radius 1 is 1.05 bits per heavy atom. The van der Waals surface area contributed by atoms with Gasteiger partial charge in [0.1, 0.15) is 0 Å². The maximum Gasteiger partial charge on any atom is 0.261 e. The van der Waals surface area contributed by atoms with Crippen LogP contribution in [0.3, 0.4) is 0 Å². The summed E-state index contributed by atoms with van der Waals surface area (Å²) >= 11 is 0. The van der Waals surface area contributed by atoms with E-state index in [1.807, 2.05) is 0 Å². The third-order valence-corrected chi connectivity index (χ3v) is 4.16. The standard InChI is InChI=1S/C15H17NO3/c17-13-8-4-1-5-10(13)9-16-14(18)11-6-2-3-7-12(11)15(16)19/h2-3,6-7,10,13,17H,1,4-5,8-9H2. The number of hydrogen-bond acceptors (Lipinski definition) is 3. The summed E-state index contributed by atoms with van der Waals surface area (Å²) in [7, 11) is 0. The topological polar surface area (TPSA) is 57.6 Å². The highest BCUT2D eigenvalue weighted by Crippen LogP contribution is 2.29. The number of carbonyl (C=O) groups is 2. The van der Waals surface area contributed by atoms with Gasteiger partial charge in [-0.3, -0.25) is 14.5 Å². The van der Waals surface area contributed by atoms with Crippen molar-refractivity contribution in [1.29, 1.82) is 0 Å². The van der Waals surface area contributed by atoms with Crippen molar-refractivity contribution in [3.05, 3.63) is 35.4 Å². The average molecular weight is 259 g/mol. The molecule has 0 aromatic heterocycles. The Bertz CT molecular complexity index is 491. The van der Waals surface area contributed by atoms with Gasteiger partial charge in [-0.1, -0.05) is 25.0 Å². The maximum atomic E-state index is 12.2. The van der Waals surface area contributed by atoms with Crippen molar-refractivity contribution < 1.29 is 14.7 Å². The summed E-state index contributed by atoms with van der Waals surface area (Å²) in [6.07, 6.45) is 3.35. The Morgan fingerprint density at radius 3 is 2.21 bits per heavy atom. The van der Waals surface area contributed by atoms with Gasteiger partial charge in [-0.05, 0) is 25.0 Å². The van der Waals surface area contributed by atoms with E-state index >= 15 is 0 Å². The van der Waals surface area contributed by atoms with Crippen molar-refractivity contribution in [2.24, 2.45) is 5.92 Å². The zero-order valence-electron chi connectivity index (χ0n) is 10.7. The van der Waals surface area contributed by atoms with Gasteiger partial charge in [-0.25, -0.2) is 0 Å². The van der Waals surface area contributed by atoms with Crippen LogP contribution in [0.5, 0.6) is 0 Å². The molecule has 0 bridgehead atoms. The van der Waals surface area contributed by atoms with Crippen LogP contribution in [0.25, 0.3) is 0 Å². The summed E-state index contributed by atoms with van der Waals surface area (Å²) in [4.78, 5) is 25.7. The molecule has 1 N–H and O–H groups in total. The molecular weight excluding hydrogens is 242 g/mol. The molecule has 0 radical (unpaired) electrons. The molecule has 100 valence electrons. The zero-order chi connectivity index (χ0) is 13.4. The molecule has 2 unspecified atom stereocenters. The predicted octanol–water partition coefficient (Wildman–Crippen LogP) is 1.83. The molecule has 3 rings (SSSR count). The summed E-state index contributed by atoms with van der Waals surface area (Å²) < 4.78 is 0. The first kappa shape index (κ1) is 12.4. The Kier molecular flexibility index (Phi) is 3.11. The number of carbonyl (C=O) groups excluding carboxylic acids is 2. The van der Waals surface area contributed by atoms with Crippen LogP contribution in [0.4, 0.5) is 0 Å². The quantitative estimate of drug-likeness (QED) is 0.824. The molecule has 1 aromatic rings. The second-order valence-electron chi connectivity index (χ2n) is 5.38. The van der Waals surface area contributed by atoms with Crippen LogP contribution in [0.15, 0.2) is 24.3 Å². The predicted molar refractivity (Wildman–Crippen MR) is 69.8 cm³/mol. The van der Waals surface area contributed by atoms with Gasteiger partial charge in [-0.15, -0.1) is 0 Å². The number of nitrogens with zero attached hydrogens (tertiary/aromatic N) is 1. The fourth-order valence-corrected chi connectivity index (χ4v) is 3.04. The normalized spacial score (nSPS) is 26.7. The minimum atomic E-state index is -0.391. The Balaban J connectivity index is 1.80. The second kappa shape index (κ2) is 4.78. The molecule has 0 spiro atoms. The largest absolute Gasteiger partial charge is 0.393 e. The fraction of sp³-hybridized carbons (Fsp3) is 0.467. The summed E-state index contributed by atoms with van der Waals surface area (Å²) in [5.74, 6) is -0.423. The van der Waals surface area contributed by atoms with Crippen LogP contribution < -0.4 is 0 Å². The lowest BCUT2D eigenvalue weighted by Gasteiger charge is -2.30. The van der Waals surface area contributed by atoms with E-state index in [-0.39, 0.29) is 17.7 Å². The SMILES string of the molecule is O=C1c2ccccc2C(=O)N1CC1CCCCC1O. The van der Waals surface area contributed by atoms with Gasteiger partial charge < -0.3 is 5.11 Å². The maximum absolute atomic E-state index is 12.2. The lowest BCUT2D eigenvalue weighted by Crippen LogP contribution is -2.39. The van der Waals surface area contributed by atoms with E-state index in [1.54, 1.807) is 24.3 Å². The third-order valence-electron chi connectivity index (χ3n) is 4.16. The van der Waals surface area contributed by atoms with E-state index in [1.165, 1.54) is 4.90 Å². The Labute approximate surface area is 112 Å². The average Bonchev–Trinajstić information content (AvgIpc) is 2.67. The number of imide groups is 1. The molecule has 4 heteroatoms. The van der Waals surface area contributed by atoms with Crippen molar-refractivity contribution in [2.75, 3.05) is 6.54 Å². The monoisotopic (exact) mass is 259 g/mol. The first-order valence-corrected chi connectivity index (χ1v) is 6.82. The highest BCUT2D eigenvalue weighted by molar-refractivity contribution is 6.21. The van der Waals surface area contributed by atoms with E-state index in [2.05, 4.69) is 0 Å². The summed E-state index contributed by atoms with van der Waals surface area (Å²) in [5.41, 5.74) is 0.968. The molecule has 1 saturated carbocycles. The van der Waals surface area contributed by atoms with Gasteiger partial charge in [0, 0.05) is 12.5 Å². The van der Waals surface area contributed by atoms with Crippen molar-refractivity contribution in [3.8, 4) is 0 Å². The lowest BCUT2D eigenvalue weighted by atomic mass is 9.86. The first-order valence-electron chi connectivity index (χ1n) is 6.82. The van der Waals surface area contributed by atoms with E-state index in [0.29, 0.717) is 17.7 Å². The van der Waals surface area contributed by atoms with E-state index in [4.69, 9.17) is 0 Å². The highest BCUT2D eigenvalue weighted by Gasteiger charge is 2.37. The van der Waals surface area contributed by atoms with Gasteiger partial charge in [0.25, 0.3) is 11.8 Å². The summed E-state index contributed by atoms with van der Waals surface area (Å²) in [5, 5.41) is 9.97. The third kappa shape index (κ3) is 2.06. The molecule has 1 fully saturated rings. The molecule has 1 aromatic carbocycles. The molecular formula is C15H17NO3. The van der Waals surface area contributed by atoms with Crippen LogP contribution in [0.2, 0.25) is 0 Å². The molecule has 1 aliphatic heterocycles. The first-order chi connectivity index (χ1) is 9.18. The molecule has 19 heavy (non-hydrogen) atoms. The summed E-state index contributed by atoms with van der Waals surface area (Å²) in [6, 6.07) is 6.91. The van der Waals surface area contributed by atoms with Crippen LogP contribution in [-0.2, 0) is 0 Å². The smallest absolute Gasteiger partial charge is 0.261 e. The van der Waals surface area contributed by atoms with Crippen molar-refractivity contribution >= 4 is 11.8 Å². The zero-order valence-corrected chi connectivity index (χ0v) is 10.7. The molecule has 1 aliphatic carbocycles. The van der Waals surface area contributed by atoms with Crippen molar-refractivity contribution in [2.45, 2.75) is 31.8 Å². The number of benzene rings is 1. The van der Waals surface area contributed by atoms with E-state index < -0.39 is 6.10 Å². The van der Waals surface area contributed by atoms with Crippen LogP contribution >= 0.6 is 0 Å². The summed E-state index contributed by atoms with van der Waals surface area (Å²) in [6.45, 7) is 0.341. The Morgan fingerprint density at radius 2 is 1.63 bits per heavy atom. The number of aliphatic hydroxyl groups is 1. The van der Waals surface area contributed by atoms with Gasteiger partial charge in [0.2, 0.25) is 0 Å². The lowest BCUT2D eigenvalue weighted by molar-refractivity contribution is 0.0388. The van der Waals surface area contributed by atoms with Crippen LogP contribution in [-0.4, -0.2) is 34.5 Å². The number of fused-ring (bicyclic) bond motifs is 1. The van der Waals surface area contributed by atoms with Gasteiger partial charge in [-0.2, -0.15) is 0 Å². The molecule has 1 heterocycles. The van der Waals surface area contributed by atoms with E-state index in [0.717, 1.165) is 25.7 Å². The fourth-order valence-electron chi connectivity index (χ4n) is 3.04. The molecule has 2 amide bonds. The van der Waals surface area contributed by atoms with Gasteiger partial charge >= 0.3 is 0 Å². The second-order valence-corrected chi connectivity index (χ2v) is 5.38. The highest BCUT2D eigenvalue weighted by atomic mass is 16.3. The minimum Gasteiger partial charge on any atom is -0.393 e. The molecule has 2 aliphatic rings. The molecule has 0 saturated heterocycles. The number of hydrogen-bond donors (Lipinski definition) is 1. The Hall–Kier alpha value is -1.68. The number of amides is 2. The molecule has 2 atom stereocenters. The molecule has 4 nitrogen and oxygen atoms in total. The van der Waals surface area contributed by atoms with Crippen molar-refractivity contribution in [1.82, 2.24) is 4.90 Å². The number of rotatable bonds is 2. The minimum absolute atomic E-state index is 0.0240.